The molecule has 0 radical (unpaired) electrons. The molecular formula is C22H21ClN2O4S. The minimum Gasteiger partial charge on any atom is -0.466 e. The number of furan rings is 1. The van der Waals surface area contributed by atoms with Gasteiger partial charge in [-0.25, -0.2) is 0 Å². The Morgan fingerprint density at radius 1 is 1.23 bits per heavy atom. The van der Waals surface area contributed by atoms with Gasteiger partial charge in [0.15, 0.2) is 10.7 Å². The molecule has 1 unspecified atom stereocenters. The number of carbonyl (C=O) groups is 2. The summed E-state index contributed by atoms with van der Waals surface area (Å²) < 4.78 is 12.8. The van der Waals surface area contributed by atoms with Crippen molar-refractivity contribution in [3.05, 3.63) is 47.1 Å². The lowest BCUT2D eigenvalue weighted by atomic mass is 10.0. The van der Waals surface area contributed by atoms with Crippen LogP contribution in [0.5, 0.6) is 0 Å². The minimum absolute atomic E-state index is 0.182. The highest BCUT2D eigenvalue weighted by Crippen LogP contribution is 2.34. The molecule has 1 aliphatic rings. The highest BCUT2D eigenvalue weighted by molar-refractivity contribution is 7.80. The molecule has 156 valence electrons. The summed E-state index contributed by atoms with van der Waals surface area (Å²) in [5.41, 5.74) is 2.70. The number of thiocarbonyl (C=S) groups is 1. The number of hydrogen-bond donors (Lipinski definition) is 0. The number of nitrogens with zero attached hydrogens (tertiary/aromatic N) is 2. The number of fused-ring (bicyclic) bond motifs is 3. The van der Waals surface area contributed by atoms with Crippen LogP contribution >= 0.6 is 23.8 Å². The van der Waals surface area contributed by atoms with Gasteiger partial charge in [0.1, 0.15) is 11.5 Å². The molecular weight excluding hydrogens is 424 g/mol. The minimum atomic E-state index is -0.258. The van der Waals surface area contributed by atoms with Gasteiger partial charge in [0.25, 0.3) is 5.91 Å². The molecule has 2 aromatic heterocycles. The zero-order valence-electron chi connectivity index (χ0n) is 16.7. The van der Waals surface area contributed by atoms with Crippen molar-refractivity contribution < 1.29 is 18.7 Å². The van der Waals surface area contributed by atoms with E-state index in [9.17, 15) is 9.59 Å². The molecule has 3 heterocycles. The first kappa shape index (κ1) is 20.6. The monoisotopic (exact) mass is 444 g/mol. The zero-order chi connectivity index (χ0) is 21.4. The third-order valence-corrected chi connectivity index (χ3v) is 5.97. The summed E-state index contributed by atoms with van der Waals surface area (Å²) >= 11 is 11.6. The van der Waals surface area contributed by atoms with E-state index in [4.69, 9.17) is 33.0 Å². The van der Waals surface area contributed by atoms with Crippen LogP contribution in [0.15, 0.2) is 40.8 Å². The third kappa shape index (κ3) is 3.52. The number of rotatable bonds is 7. The third-order valence-electron chi connectivity index (χ3n) is 5.32. The van der Waals surface area contributed by atoms with Crippen LogP contribution < -0.4 is 0 Å². The molecule has 6 nitrogen and oxygen atoms in total. The Hall–Kier alpha value is -2.64. The van der Waals surface area contributed by atoms with Gasteiger partial charge in [-0.15, -0.1) is 0 Å². The van der Waals surface area contributed by atoms with Crippen molar-refractivity contribution in [1.29, 1.82) is 0 Å². The van der Waals surface area contributed by atoms with Gasteiger partial charge in [-0.1, -0.05) is 18.5 Å². The average molecular weight is 445 g/mol. The Labute approximate surface area is 184 Å². The molecule has 30 heavy (non-hydrogen) atoms. The largest absolute Gasteiger partial charge is 0.466 e. The lowest BCUT2D eigenvalue weighted by Crippen LogP contribution is -2.34. The summed E-state index contributed by atoms with van der Waals surface area (Å²) in [6.07, 6.45) is 1.15. The summed E-state index contributed by atoms with van der Waals surface area (Å²) in [6.45, 7) is 4.42. The number of benzene rings is 1. The van der Waals surface area contributed by atoms with Gasteiger partial charge in [-0.3, -0.25) is 19.1 Å². The molecule has 0 saturated heterocycles. The smallest absolute Gasteiger partial charge is 0.308 e. The van der Waals surface area contributed by atoms with Crippen molar-refractivity contribution in [3.8, 4) is 11.3 Å². The molecule has 0 spiro atoms. The number of carbonyl (C=O) groups excluding carboxylic acids is 2. The van der Waals surface area contributed by atoms with E-state index in [0.717, 1.165) is 11.1 Å². The average Bonchev–Trinajstić information content (AvgIpc) is 3.35. The number of esters is 1. The molecule has 0 bridgehead atoms. The summed E-state index contributed by atoms with van der Waals surface area (Å²) in [6, 6.07) is 10.9. The van der Waals surface area contributed by atoms with Crippen molar-refractivity contribution in [2.24, 2.45) is 5.92 Å². The van der Waals surface area contributed by atoms with Gasteiger partial charge in [0, 0.05) is 29.3 Å². The molecule has 0 N–H and O–H groups in total. The molecule has 8 heteroatoms. The molecule has 0 saturated carbocycles. The van der Waals surface area contributed by atoms with Crippen LogP contribution in [-0.2, 0) is 9.53 Å². The Bertz CT molecular complexity index is 1130. The van der Waals surface area contributed by atoms with Crippen LogP contribution in [0.1, 0.15) is 37.2 Å². The number of ether oxygens (including phenoxy) is 1. The van der Waals surface area contributed by atoms with E-state index >= 15 is 0 Å². The van der Waals surface area contributed by atoms with Crippen LogP contribution in [0.4, 0.5) is 0 Å². The van der Waals surface area contributed by atoms with Crippen molar-refractivity contribution in [3.63, 3.8) is 0 Å². The van der Waals surface area contributed by atoms with E-state index in [1.165, 1.54) is 0 Å². The van der Waals surface area contributed by atoms with Gasteiger partial charge in [-0.2, -0.15) is 0 Å². The zero-order valence-corrected chi connectivity index (χ0v) is 18.3. The number of hydrogen-bond acceptors (Lipinski definition) is 5. The predicted octanol–water partition coefficient (Wildman–Crippen LogP) is 5.12. The summed E-state index contributed by atoms with van der Waals surface area (Å²) in [7, 11) is 0. The van der Waals surface area contributed by atoms with Gasteiger partial charge in [-0.05, 0) is 56.2 Å². The fourth-order valence-electron chi connectivity index (χ4n) is 3.69. The Kier molecular flexibility index (Phi) is 5.66. The molecule has 3 aromatic rings. The van der Waals surface area contributed by atoms with Crippen molar-refractivity contribution >= 4 is 51.9 Å². The second-order valence-electron chi connectivity index (χ2n) is 7.12. The van der Waals surface area contributed by atoms with E-state index < -0.39 is 0 Å². The summed E-state index contributed by atoms with van der Waals surface area (Å²) in [5.74, 6) is 0.000139. The van der Waals surface area contributed by atoms with Crippen molar-refractivity contribution in [2.75, 3.05) is 13.2 Å². The van der Waals surface area contributed by atoms with Crippen LogP contribution in [-0.4, -0.2) is 39.6 Å². The molecule has 1 aromatic carbocycles. The Morgan fingerprint density at radius 2 is 1.97 bits per heavy atom. The van der Waals surface area contributed by atoms with Crippen LogP contribution in [0.2, 0.25) is 5.02 Å². The number of aromatic nitrogens is 1. The second-order valence-corrected chi connectivity index (χ2v) is 7.92. The number of amides is 1. The summed E-state index contributed by atoms with van der Waals surface area (Å²) in [5, 5.41) is 1.04. The fourth-order valence-corrected chi connectivity index (χ4v) is 4.19. The van der Waals surface area contributed by atoms with E-state index in [1.54, 1.807) is 34.6 Å². The fraction of sp³-hybridized carbons (Fsp3) is 0.318. The molecule has 0 aliphatic carbocycles. The SMILES string of the molecule is CCOC(=O)C(CC)CCN1C(=O)c2cc3oc(-c4ccc(Cl)cc4)cc3n2C1=S. The predicted molar refractivity (Wildman–Crippen MR) is 119 cm³/mol. The lowest BCUT2D eigenvalue weighted by molar-refractivity contribution is -0.148. The van der Waals surface area contributed by atoms with E-state index in [1.807, 2.05) is 25.1 Å². The first-order valence-electron chi connectivity index (χ1n) is 9.88. The lowest BCUT2D eigenvalue weighted by Gasteiger charge is -2.19. The topological polar surface area (TPSA) is 64.7 Å². The van der Waals surface area contributed by atoms with Crippen LogP contribution in [0, 0.1) is 5.92 Å². The quantitative estimate of drug-likeness (QED) is 0.373. The first-order valence-corrected chi connectivity index (χ1v) is 10.7. The highest BCUT2D eigenvalue weighted by Gasteiger charge is 2.36. The normalized spacial score (nSPS) is 14.4. The van der Waals surface area contributed by atoms with E-state index in [2.05, 4.69) is 0 Å². The standard InChI is InChI=1S/C22H21ClN2O4S/c1-3-13(21(27)28-4-2)9-10-24-20(26)17-12-19-16(25(17)22(24)30)11-18(29-19)14-5-7-15(23)8-6-14/h5-8,11-13H,3-4,9-10H2,1-2H3. The van der Waals surface area contributed by atoms with Gasteiger partial charge < -0.3 is 9.15 Å². The molecule has 4 rings (SSSR count). The number of halogens is 1. The maximum absolute atomic E-state index is 12.9. The van der Waals surface area contributed by atoms with Gasteiger partial charge in [0.2, 0.25) is 0 Å². The second kappa shape index (κ2) is 8.24. The molecule has 1 amide bonds. The highest BCUT2D eigenvalue weighted by atomic mass is 35.5. The molecule has 0 fully saturated rings. The van der Waals surface area contributed by atoms with Crippen LogP contribution in [0.25, 0.3) is 22.4 Å². The first-order chi connectivity index (χ1) is 14.4. The van der Waals surface area contributed by atoms with E-state index in [0.29, 0.717) is 53.2 Å². The van der Waals surface area contributed by atoms with Crippen molar-refractivity contribution in [1.82, 2.24) is 9.47 Å². The van der Waals surface area contributed by atoms with Gasteiger partial charge >= 0.3 is 5.97 Å². The van der Waals surface area contributed by atoms with Gasteiger partial charge in [0.05, 0.1) is 18.0 Å². The van der Waals surface area contributed by atoms with E-state index in [-0.39, 0.29) is 17.8 Å². The Balaban J connectivity index is 1.57. The Morgan fingerprint density at radius 3 is 2.63 bits per heavy atom. The van der Waals surface area contributed by atoms with Crippen LogP contribution in [0.3, 0.4) is 0 Å². The maximum Gasteiger partial charge on any atom is 0.308 e. The summed E-state index contributed by atoms with van der Waals surface area (Å²) in [4.78, 5) is 26.5. The molecule has 1 aliphatic heterocycles. The molecule has 1 atom stereocenters. The van der Waals surface area contributed by atoms with Crippen molar-refractivity contribution in [2.45, 2.75) is 26.7 Å². The maximum atomic E-state index is 12.9.